The van der Waals surface area contributed by atoms with E-state index in [1.54, 1.807) is 13.0 Å². The minimum Gasteiger partial charge on any atom is -0.293 e. The molecule has 0 spiro atoms. The predicted octanol–water partition coefficient (Wildman–Crippen LogP) is 4.39. The summed E-state index contributed by atoms with van der Waals surface area (Å²) in [5, 5.41) is -0.573. The van der Waals surface area contributed by atoms with Crippen molar-refractivity contribution in [2.45, 2.75) is 30.4 Å². The molecule has 110 valence electrons. The third kappa shape index (κ3) is 3.69. The van der Waals surface area contributed by atoms with Crippen molar-refractivity contribution < 1.29 is 9.00 Å². The standard InChI is InChI=1S/C17H17BrO2S/c1-3-13-8-10-14(11-9-13)17(19)12(2)21(20)16-7-5-4-6-15(16)18/h4-12H,3H2,1-2H3. The fourth-order valence-electron chi connectivity index (χ4n) is 2.03. The predicted molar refractivity (Wildman–Crippen MR) is 90.2 cm³/mol. The number of hydrogen-bond donors (Lipinski definition) is 0. The topological polar surface area (TPSA) is 34.1 Å². The Morgan fingerprint density at radius 1 is 1.14 bits per heavy atom. The maximum absolute atomic E-state index is 12.6. The average molecular weight is 365 g/mol. The highest BCUT2D eigenvalue weighted by atomic mass is 79.9. The first-order chi connectivity index (χ1) is 10.0. The van der Waals surface area contributed by atoms with Gasteiger partial charge in [-0.2, -0.15) is 0 Å². The van der Waals surface area contributed by atoms with Gasteiger partial charge in [0.2, 0.25) is 0 Å². The molecule has 0 N–H and O–H groups in total. The van der Waals surface area contributed by atoms with Crippen molar-refractivity contribution in [3.63, 3.8) is 0 Å². The first-order valence-electron chi connectivity index (χ1n) is 6.83. The summed E-state index contributed by atoms with van der Waals surface area (Å²) in [5.74, 6) is -0.0910. The Morgan fingerprint density at radius 3 is 2.33 bits per heavy atom. The van der Waals surface area contributed by atoms with Crippen molar-refractivity contribution >= 4 is 32.5 Å². The van der Waals surface area contributed by atoms with Gasteiger partial charge in [0, 0.05) is 10.0 Å². The van der Waals surface area contributed by atoms with Crippen LogP contribution in [0, 0.1) is 0 Å². The third-order valence-electron chi connectivity index (χ3n) is 3.39. The lowest BCUT2D eigenvalue weighted by molar-refractivity contribution is 0.0992. The Bertz CT molecular complexity index is 665. The minimum atomic E-state index is -1.37. The lowest BCUT2D eigenvalue weighted by Gasteiger charge is -2.12. The van der Waals surface area contributed by atoms with E-state index in [1.165, 1.54) is 5.56 Å². The molecule has 0 heterocycles. The van der Waals surface area contributed by atoms with Crippen molar-refractivity contribution in [2.75, 3.05) is 0 Å². The van der Waals surface area contributed by atoms with Crippen LogP contribution in [0.25, 0.3) is 0 Å². The number of Topliss-reactive ketones (excluding diaryl/α,β-unsaturated/α-hetero) is 1. The summed E-state index contributed by atoms with van der Waals surface area (Å²) < 4.78 is 13.3. The maximum atomic E-state index is 12.6. The number of carbonyl (C=O) groups excluding carboxylic acids is 1. The van der Waals surface area contributed by atoms with Gasteiger partial charge in [0.15, 0.2) is 5.78 Å². The van der Waals surface area contributed by atoms with Gasteiger partial charge < -0.3 is 0 Å². The second kappa shape index (κ2) is 7.14. The molecule has 0 saturated heterocycles. The second-order valence-electron chi connectivity index (χ2n) is 4.78. The van der Waals surface area contributed by atoms with Gasteiger partial charge in [0.05, 0.1) is 20.9 Å². The zero-order chi connectivity index (χ0) is 15.4. The highest BCUT2D eigenvalue weighted by Gasteiger charge is 2.23. The zero-order valence-electron chi connectivity index (χ0n) is 12.0. The van der Waals surface area contributed by atoms with Crippen LogP contribution in [-0.2, 0) is 17.2 Å². The third-order valence-corrected chi connectivity index (χ3v) is 5.99. The molecule has 0 amide bonds. The SMILES string of the molecule is CCc1ccc(C(=O)C(C)S(=O)c2ccccc2Br)cc1. The lowest BCUT2D eigenvalue weighted by atomic mass is 10.1. The molecule has 0 saturated carbocycles. The van der Waals surface area contributed by atoms with Crippen molar-refractivity contribution in [2.24, 2.45) is 0 Å². The molecule has 2 atom stereocenters. The number of ketones is 1. The van der Waals surface area contributed by atoms with Gasteiger partial charge in [-0.15, -0.1) is 0 Å². The Hall–Kier alpha value is -1.26. The van der Waals surface area contributed by atoms with E-state index in [4.69, 9.17) is 0 Å². The molecule has 21 heavy (non-hydrogen) atoms. The van der Waals surface area contributed by atoms with E-state index in [2.05, 4.69) is 22.9 Å². The molecule has 2 aromatic rings. The summed E-state index contributed by atoms with van der Waals surface area (Å²) in [6.45, 7) is 3.78. The summed E-state index contributed by atoms with van der Waals surface area (Å²) in [5.41, 5.74) is 1.80. The average Bonchev–Trinajstić information content (AvgIpc) is 2.53. The van der Waals surface area contributed by atoms with Gasteiger partial charge in [-0.1, -0.05) is 43.3 Å². The number of benzene rings is 2. The van der Waals surface area contributed by atoms with E-state index < -0.39 is 16.0 Å². The fraction of sp³-hybridized carbons (Fsp3) is 0.235. The highest BCUT2D eigenvalue weighted by molar-refractivity contribution is 9.10. The number of halogens is 1. The minimum absolute atomic E-state index is 0.0910. The van der Waals surface area contributed by atoms with Crippen LogP contribution >= 0.6 is 15.9 Å². The first-order valence-corrected chi connectivity index (χ1v) is 8.83. The summed E-state index contributed by atoms with van der Waals surface area (Å²) in [6, 6.07) is 14.8. The van der Waals surface area contributed by atoms with E-state index >= 15 is 0 Å². The molecule has 4 heteroatoms. The van der Waals surface area contributed by atoms with Crippen LogP contribution in [0.15, 0.2) is 57.9 Å². The summed E-state index contributed by atoms with van der Waals surface area (Å²) in [7, 11) is -1.37. The number of hydrogen-bond acceptors (Lipinski definition) is 2. The fourth-order valence-corrected chi connectivity index (χ4v) is 3.98. The first kappa shape index (κ1) is 16.1. The normalized spacial score (nSPS) is 13.7. The largest absolute Gasteiger partial charge is 0.293 e. The molecule has 0 radical (unpaired) electrons. The van der Waals surface area contributed by atoms with Gasteiger partial charge in [0.25, 0.3) is 0 Å². The quantitative estimate of drug-likeness (QED) is 0.737. The smallest absolute Gasteiger partial charge is 0.178 e. The Kier molecular flexibility index (Phi) is 5.48. The zero-order valence-corrected chi connectivity index (χ0v) is 14.4. The number of aryl methyl sites for hydroxylation is 1. The number of carbonyl (C=O) groups is 1. The molecule has 2 unspecified atom stereocenters. The summed E-state index contributed by atoms with van der Waals surface area (Å²) >= 11 is 3.39. The van der Waals surface area contributed by atoms with E-state index in [1.807, 2.05) is 42.5 Å². The van der Waals surface area contributed by atoms with Crippen LogP contribution in [0.3, 0.4) is 0 Å². The van der Waals surface area contributed by atoms with Gasteiger partial charge in [-0.3, -0.25) is 9.00 Å². The molecular formula is C17H17BrO2S. The monoisotopic (exact) mass is 364 g/mol. The van der Waals surface area contributed by atoms with Crippen LogP contribution in [0.5, 0.6) is 0 Å². The van der Waals surface area contributed by atoms with E-state index in [0.717, 1.165) is 10.9 Å². The number of rotatable bonds is 5. The van der Waals surface area contributed by atoms with E-state index in [-0.39, 0.29) is 5.78 Å². The molecule has 0 fully saturated rings. The molecule has 2 nitrogen and oxygen atoms in total. The molecule has 0 bridgehead atoms. The van der Waals surface area contributed by atoms with Gasteiger partial charge in [-0.25, -0.2) is 0 Å². The van der Waals surface area contributed by atoms with E-state index in [9.17, 15) is 9.00 Å². The van der Waals surface area contributed by atoms with Crippen molar-refractivity contribution in [3.8, 4) is 0 Å². The van der Waals surface area contributed by atoms with Crippen LogP contribution < -0.4 is 0 Å². The molecule has 2 aromatic carbocycles. The molecule has 2 rings (SSSR count). The molecular weight excluding hydrogens is 348 g/mol. The Balaban J connectivity index is 2.22. The van der Waals surface area contributed by atoms with Gasteiger partial charge in [0.1, 0.15) is 0 Å². The van der Waals surface area contributed by atoms with E-state index in [0.29, 0.717) is 10.5 Å². The van der Waals surface area contributed by atoms with Crippen LogP contribution in [0.4, 0.5) is 0 Å². The summed E-state index contributed by atoms with van der Waals surface area (Å²) in [6.07, 6.45) is 0.937. The Labute approximate surface area is 136 Å². The molecule has 0 aromatic heterocycles. The Morgan fingerprint density at radius 2 is 1.76 bits per heavy atom. The van der Waals surface area contributed by atoms with Crippen molar-refractivity contribution in [1.29, 1.82) is 0 Å². The molecule has 0 aliphatic heterocycles. The molecule has 0 aliphatic carbocycles. The van der Waals surface area contributed by atoms with Crippen LogP contribution in [0.2, 0.25) is 0 Å². The van der Waals surface area contributed by atoms with Crippen LogP contribution in [0.1, 0.15) is 29.8 Å². The lowest BCUT2D eigenvalue weighted by Crippen LogP contribution is -2.23. The van der Waals surface area contributed by atoms with Gasteiger partial charge >= 0.3 is 0 Å². The maximum Gasteiger partial charge on any atom is 0.178 e. The van der Waals surface area contributed by atoms with Crippen LogP contribution in [-0.4, -0.2) is 15.2 Å². The molecule has 0 aliphatic rings. The highest BCUT2D eigenvalue weighted by Crippen LogP contribution is 2.23. The summed E-state index contributed by atoms with van der Waals surface area (Å²) in [4.78, 5) is 13.1. The second-order valence-corrected chi connectivity index (χ2v) is 7.38. The van der Waals surface area contributed by atoms with Crippen molar-refractivity contribution in [1.82, 2.24) is 0 Å². The van der Waals surface area contributed by atoms with Crippen molar-refractivity contribution in [3.05, 3.63) is 64.1 Å². The van der Waals surface area contributed by atoms with Gasteiger partial charge in [-0.05, 0) is 47.0 Å².